The molecule has 0 radical (unpaired) electrons. The number of aromatic nitrogens is 6. The summed E-state index contributed by atoms with van der Waals surface area (Å²) in [4.78, 5) is 18.1. The van der Waals surface area contributed by atoms with Gasteiger partial charge in [0.1, 0.15) is 0 Å². The van der Waals surface area contributed by atoms with Crippen molar-refractivity contribution in [2.24, 2.45) is 5.92 Å². The van der Waals surface area contributed by atoms with Gasteiger partial charge in [0, 0.05) is 49.1 Å². The molecule has 1 saturated carbocycles. The highest BCUT2D eigenvalue weighted by Crippen LogP contribution is 2.39. The zero-order valence-electron chi connectivity index (χ0n) is 22.0. The van der Waals surface area contributed by atoms with Crippen LogP contribution in [0.15, 0.2) is 55.1 Å². The van der Waals surface area contributed by atoms with Crippen molar-refractivity contribution < 1.29 is 13.2 Å². The first-order valence-corrected chi connectivity index (χ1v) is 13.7. The Hall–Kier alpha value is -4.21. The Kier molecular flexibility index (Phi) is 5.87. The fraction of sp³-hybridized carbons (Fsp3) is 0.333. The maximum absolute atomic E-state index is 13.1. The Morgan fingerprint density at radius 1 is 1.02 bits per heavy atom. The number of alkyl halides is 3. The third kappa shape index (κ3) is 4.41. The number of aryl methyl sites for hydroxylation is 1. The number of hydrogen-bond acceptors (Lipinski definition) is 5. The minimum Gasteiger partial charge on any atom is -0.360 e. The molecule has 0 amide bonds. The lowest BCUT2D eigenvalue weighted by Gasteiger charge is -2.27. The molecule has 1 N–H and O–H groups in total. The quantitative estimate of drug-likeness (QED) is 0.272. The smallest absolute Gasteiger partial charge is 0.360 e. The molecule has 5 aromatic rings. The van der Waals surface area contributed by atoms with Crippen LogP contribution in [0.4, 0.5) is 19.1 Å². The molecule has 4 aromatic heterocycles. The van der Waals surface area contributed by atoms with Crippen molar-refractivity contribution in [3.63, 3.8) is 0 Å². The van der Waals surface area contributed by atoms with Crippen LogP contribution in [0.3, 0.4) is 0 Å². The lowest BCUT2D eigenvalue weighted by Crippen LogP contribution is -2.31. The fourth-order valence-electron chi connectivity index (χ4n) is 5.68. The lowest BCUT2D eigenvalue weighted by atomic mass is 9.99. The van der Waals surface area contributed by atoms with Crippen molar-refractivity contribution in [3.8, 4) is 17.1 Å². The number of nitrogens with zero attached hydrogens (tertiary/aromatic N) is 6. The first-order chi connectivity index (χ1) is 19.4. The largest absolute Gasteiger partial charge is 0.419 e. The van der Waals surface area contributed by atoms with Crippen LogP contribution >= 0.6 is 0 Å². The van der Waals surface area contributed by atoms with Gasteiger partial charge in [0.05, 0.1) is 40.0 Å². The standard InChI is InChI=1S/C30H28F3N7/c1-2-19-4-3-5-21(12-18-6-7-18)27(19)40-28(25-13-20-8-10-34-26(20)16-35-25)23-17-39(11-9-24(23)38-40)29-36-14-22(15-37-29)30(31,32)33/h3-5,8,10,13-16,18,34H,2,6-7,9,11-12,17H2,1H3. The number of rotatable bonds is 6. The van der Waals surface area contributed by atoms with Crippen LogP contribution in [0.1, 0.15) is 47.7 Å². The Balaban J connectivity index is 1.37. The van der Waals surface area contributed by atoms with E-state index < -0.39 is 11.7 Å². The summed E-state index contributed by atoms with van der Waals surface area (Å²) in [6.07, 6.45) is 5.98. The van der Waals surface area contributed by atoms with Crippen molar-refractivity contribution in [1.82, 2.24) is 29.7 Å². The van der Waals surface area contributed by atoms with E-state index >= 15 is 0 Å². The average Bonchev–Trinajstić information content (AvgIpc) is 3.51. The van der Waals surface area contributed by atoms with E-state index in [2.05, 4.69) is 50.8 Å². The van der Waals surface area contributed by atoms with Crippen LogP contribution in [0, 0.1) is 5.92 Å². The minimum atomic E-state index is -4.48. The van der Waals surface area contributed by atoms with Gasteiger partial charge in [0.15, 0.2) is 0 Å². The van der Waals surface area contributed by atoms with E-state index in [9.17, 15) is 13.2 Å². The van der Waals surface area contributed by atoms with Crippen LogP contribution in [0.25, 0.3) is 28.0 Å². The second-order valence-electron chi connectivity index (χ2n) is 10.7. The van der Waals surface area contributed by atoms with Gasteiger partial charge in [0.2, 0.25) is 5.95 Å². The van der Waals surface area contributed by atoms with Crippen molar-refractivity contribution >= 4 is 16.9 Å². The predicted molar refractivity (Wildman–Crippen MR) is 146 cm³/mol. The maximum atomic E-state index is 13.1. The summed E-state index contributed by atoms with van der Waals surface area (Å²) in [5, 5.41) is 6.24. The van der Waals surface area contributed by atoms with E-state index in [1.807, 2.05) is 23.4 Å². The van der Waals surface area contributed by atoms with Crippen molar-refractivity contribution in [2.45, 2.75) is 51.7 Å². The molecule has 2 aliphatic rings. The SMILES string of the molecule is CCc1cccc(CC2CC2)c1-n1nc2c(c1-c1cc3cc[nH]c3cn1)CN(c1ncc(C(F)(F)F)cn1)CC2. The van der Waals surface area contributed by atoms with Gasteiger partial charge in [0.25, 0.3) is 0 Å². The van der Waals surface area contributed by atoms with Crippen LogP contribution in [-0.2, 0) is 32.0 Å². The number of anilines is 1. The number of pyridine rings is 1. The fourth-order valence-corrected chi connectivity index (χ4v) is 5.68. The molecule has 1 fully saturated rings. The molecule has 7 nitrogen and oxygen atoms in total. The number of hydrogen-bond donors (Lipinski definition) is 1. The van der Waals surface area contributed by atoms with Gasteiger partial charge < -0.3 is 9.88 Å². The zero-order valence-corrected chi connectivity index (χ0v) is 22.0. The van der Waals surface area contributed by atoms with Crippen molar-refractivity contribution in [2.75, 3.05) is 11.4 Å². The molecule has 0 atom stereocenters. The first kappa shape index (κ1) is 24.8. The van der Waals surface area contributed by atoms with Crippen LogP contribution < -0.4 is 4.90 Å². The van der Waals surface area contributed by atoms with Gasteiger partial charge in [-0.05, 0) is 54.9 Å². The van der Waals surface area contributed by atoms with E-state index in [1.165, 1.54) is 24.0 Å². The molecule has 1 aromatic carbocycles. The summed E-state index contributed by atoms with van der Waals surface area (Å²) in [6.45, 7) is 3.15. The first-order valence-electron chi connectivity index (χ1n) is 13.7. The van der Waals surface area contributed by atoms with Gasteiger partial charge in [-0.1, -0.05) is 25.1 Å². The minimum absolute atomic E-state index is 0.273. The molecule has 1 aliphatic carbocycles. The summed E-state index contributed by atoms with van der Waals surface area (Å²) >= 11 is 0. The predicted octanol–water partition coefficient (Wildman–Crippen LogP) is 6.30. The molecular weight excluding hydrogens is 515 g/mol. The van der Waals surface area contributed by atoms with Crippen molar-refractivity contribution in [3.05, 3.63) is 83.1 Å². The molecule has 0 unspecified atom stereocenters. The second-order valence-corrected chi connectivity index (χ2v) is 10.7. The second kappa shape index (κ2) is 9.46. The third-order valence-electron chi connectivity index (χ3n) is 7.96. The highest BCUT2D eigenvalue weighted by molar-refractivity contribution is 5.83. The number of aromatic amines is 1. The van der Waals surface area contributed by atoms with Crippen LogP contribution in [0.2, 0.25) is 0 Å². The summed E-state index contributed by atoms with van der Waals surface area (Å²) in [6, 6.07) is 10.6. The molecule has 10 heteroatoms. The molecule has 204 valence electrons. The molecular formula is C30H28F3N7. The van der Waals surface area contributed by atoms with E-state index in [0.717, 1.165) is 64.5 Å². The number of benzene rings is 1. The Bertz CT molecular complexity index is 1700. The van der Waals surface area contributed by atoms with E-state index in [-0.39, 0.29) is 5.95 Å². The van der Waals surface area contributed by atoms with Gasteiger partial charge in [-0.15, -0.1) is 0 Å². The molecule has 5 heterocycles. The number of para-hydroxylation sites is 1. The number of nitrogens with one attached hydrogen (secondary N) is 1. The van der Waals surface area contributed by atoms with Crippen LogP contribution in [-0.4, -0.2) is 36.3 Å². The number of fused-ring (bicyclic) bond motifs is 2. The maximum Gasteiger partial charge on any atom is 0.419 e. The highest BCUT2D eigenvalue weighted by Gasteiger charge is 2.33. The Labute approximate surface area is 229 Å². The van der Waals surface area contributed by atoms with E-state index in [4.69, 9.17) is 10.1 Å². The molecule has 1 aliphatic heterocycles. The topological polar surface area (TPSA) is 75.5 Å². The molecule has 40 heavy (non-hydrogen) atoms. The van der Waals surface area contributed by atoms with Gasteiger partial charge in [-0.2, -0.15) is 18.3 Å². The molecule has 7 rings (SSSR count). The zero-order chi connectivity index (χ0) is 27.4. The molecule has 0 saturated heterocycles. The number of halogens is 3. The monoisotopic (exact) mass is 543 g/mol. The summed E-state index contributed by atoms with van der Waals surface area (Å²) in [5.74, 6) is 0.982. The van der Waals surface area contributed by atoms with Gasteiger partial charge >= 0.3 is 6.18 Å². The summed E-state index contributed by atoms with van der Waals surface area (Å²) in [5.41, 5.74) is 7.41. The third-order valence-corrected chi connectivity index (χ3v) is 7.96. The molecule has 0 bridgehead atoms. The Morgan fingerprint density at radius 3 is 2.58 bits per heavy atom. The number of H-pyrrole nitrogens is 1. The molecule has 0 spiro atoms. The van der Waals surface area contributed by atoms with Crippen LogP contribution in [0.5, 0.6) is 0 Å². The Morgan fingerprint density at radius 2 is 1.82 bits per heavy atom. The van der Waals surface area contributed by atoms with E-state index in [0.29, 0.717) is 25.4 Å². The van der Waals surface area contributed by atoms with E-state index in [1.54, 1.807) is 0 Å². The van der Waals surface area contributed by atoms with Crippen molar-refractivity contribution in [1.29, 1.82) is 0 Å². The summed E-state index contributed by atoms with van der Waals surface area (Å²) < 4.78 is 41.4. The van der Waals surface area contributed by atoms with Gasteiger partial charge in [-0.25, -0.2) is 14.6 Å². The highest BCUT2D eigenvalue weighted by atomic mass is 19.4. The summed E-state index contributed by atoms with van der Waals surface area (Å²) in [7, 11) is 0. The average molecular weight is 544 g/mol. The lowest BCUT2D eigenvalue weighted by molar-refractivity contribution is -0.138. The van der Waals surface area contributed by atoms with Gasteiger partial charge in [-0.3, -0.25) is 4.98 Å². The normalized spacial score (nSPS) is 15.6.